The van der Waals surface area contributed by atoms with Crippen molar-refractivity contribution in [3.8, 4) is 5.75 Å². The van der Waals surface area contributed by atoms with E-state index in [1.807, 2.05) is 36.4 Å². The van der Waals surface area contributed by atoms with E-state index >= 15 is 0 Å². The van der Waals surface area contributed by atoms with Gasteiger partial charge in [-0.1, -0.05) is 60.2 Å². The number of piperidine rings is 1. The van der Waals surface area contributed by atoms with Crippen molar-refractivity contribution in [3.63, 3.8) is 0 Å². The van der Waals surface area contributed by atoms with Crippen LogP contribution in [-0.4, -0.2) is 37.6 Å². The zero-order valence-electron chi connectivity index (χ0n) is 20.0. The molecular formula is C29H33FN2O2. The third-order valence-electron chi connectivity index (χ3n) is 6.63. The number of hydrogen-bond acceptors (Lipinski definition) is 3. The molecule has 34 heavy (non-hydrogen) atoms. The van der Waals surface area contributed by atoms with Crippen molar-refractivity contribution < 1.29 is 13.9 Å². The smallest absolute Gasteiger partial charge is 0.224 e. The molecule has 5 heteroatoms. The number of rotatable bonds is 8. The Kier molecular flexibility index (Phi) is 7.96. The minimum absolute atomic E-state index is 0.0735. The molecule has 1 fully saturated rings. The highest BCUT2D eigenvalue weighted by Gasteiger charge is 2.32. The van der Waals surface area contributed by atoms with Crippen LogP contribution in [0.3, 0.4) is 0 Å². The number of aryl methyl sites for hydroxylation is 1. The molecule has 0 bridgehead atoms. The van der Waals surface area contributed by atoms with Gasteiger partial charge in [-0.05, 0) is 55.0 Å². The number of nitrogens with one attached hydrogen (secondary N) is 1. The van der Waals surface area contributed by atoms with Crippen molar-refractivity contribution in [1.82, 2.24) is 10.2 Å². The second-order valence-electron chi connectivity index (χ2n) is 9.22. The zero-order valence-corrected chi connectivity index (χ0v) is 20.0. The van der Waals surface area contributed by atoms with Gasteiger partial charge in [0.1, 0.15) is 11.6 Å². The Hall–Kier alpha value is -3.18. The number of nitrogens with zero attached hydrogens (tertiary/aromatic N) is 1. The van der Waals surface area contributed by atoms with Crippen LogP contribution >= 0.6 is 0 Å². The molecule has 4 nitrogen and oxygen atoms in total. The van der Waals surface area contributed by atoms with Gasteiger partial charge in [-0.25, -0.2) is 4.39 Å². The van der Waals surface area contributed by atoms with Crippen LogP contribution in [0, 0.1) is 18.7 Å². The van der Waals surface area contributed by atoms with E-state index in [9.17, 15) is 9.18 Å². The maximum atomic E-state index is 14.3. The fourth-order valence-electron chi connectivity index (χ4n) is 4.81. The van der Waals surface area contributed by atoms with Gasteiger partial charge in [0.05, 0.1) is 13.0 Å². The highest BCUT2D eigenvalue weighted by molar-refractivity contribution is 5.79. The molecule has 4 rings (SSSR count). The van der Waals surface area contributed by atoms with E-state index < -0.39 is 0 Å². The highest BCUT2D eigenvalue weighted by Crippen LogP contribution is 2.32. The number of halogens is 1. The van der Waals surface area contributed by atoms with Gasteiger partial charge >= 0.3 is 0 Å². The third-order valence-corrected chi connectivity index (χ3v) is 6.63. The molecular weight excluding hydrogens is 427 g/mol. The maximum Gasteiger partial charge on any atom is 0.224 e. The third kappa shape index (κ3) is 6.23. The second kappa shape index (κ2) is 11.3. The predicted octanol–water partition coefficient (Wildman–Crippen LogP) is 5.11. The lowest BCUT2D eigenvalue weighted by Crippen LogP contribution is -2.45. The molecule has 178 valence electrons. The van der Waals surface area contributed by atoms with E-state index in [-0.39, 0.29) is 23.6 Å². The molecule has 0 radical (unpaired) electrons. The van der Waals surface area contributed by atoms with Crippen LogP contribution in [0.2, 0.25) is 0 Å². The van der Waals surface area contributed by atoms with Crippen molar-refractivity contribution >= 4 is 5.91 Å². The average molecular weight is 461 g/mol. The lowest BCUT2D eigenvalue weighted by atomic mass is 9.83. The van der Waals surface area contributed by atoms with Crippen LogP contribution in [-0.2, 0) is 17.8 Å². The van der Waals surface area contributed by atoms with Gasteiger partial charge in [0, 0.05) is 31.7 Å². The zero-order chi connectivity index (χ0) is 23.9. The van der Waals surface area contributed by atoms with Gasteiger partial charge in [0.15, 0.2) is 0 Å². The van der Waals surface area contributed by atoms with E-state index in [0.717, 1.165) is 30.7 Å². The minimum Gasteiger partial charge on any atom is -0.497 e. The summed E-state index contributed by atoms with van der Waals surface area (Å²) in [7, 11) is 1.65. The fraction of sp³-hybridized carbons (Fsp3) is 0.345. The summed E-state index contributed by atoms with van der Waals surface area (Å²) in [5.41, 5.74) is 4.29. The number of amides is 1. The summed E-state index contributed by atoms with van der Waals surface area (Å²) in [5, 5.41) is 3.14. The Labute approximate surface area is 201 Å². The summed E-state index contributed by atoms with van der Waals surface area (Å²) < 4.78 is 19.5. The van der Waals surface area contributed by atoms with Gasteiger partial charge in [-0.15, -0.1) is 0 Å². The lowest BCUT2D eigenvalue weighted by Gasteiger charge is -2.37. The second-order valence-corrected chi connectivity index (χ2v) is 9.22. The number of carbonyl (C=O) groups excluding carboxylic acids is 1. The Morgan fingerprint density at radius 2 is 1.85 bits per heavy atom. The molecule has 1 aliphatic rings. The number of ether oxygens (including phenoxy) is 1. The number of methoxy groups -OCH3 is 1. The molecule has 0 unspecified atom stereocenters. The molecule has 3 aromatic carbocycles. The first-order chi connectivity index (χ1) is 16.5. The quantitative estimate of drug-likeness (QED) is 0.508. The number of carbonyl (C=O) groups is 1. The fourth-order valence-corrected chi connectivity index (χ4v) is 4.81. The SMILES string of the molecule is COc1ccc(CCNC(=O)[C@H]2C[C@@H](c3cccc(C)c3)CN(Cc3ccccc3F)C2)cc1. The lowest BCUT2D eigenvalue weighted by molar-refractivity contribution is -0.127. The van der Waals surface area contributed by atoms with Crippen LogP contribution in [0.25, 0.3) is 0 Å². The molecule has 0 aromatic heterocycles. The standard InChI is InChI=1S/C29H33FN2O2/c1-21-6-5-8-23(16-21)25-17-26(20-32(19-25)18-24-7-3-4-9-28(24)30)29(33)31-15-14-22-10-12-27(34-2)13-11-22/h3-13,16,25-26H,14-15,17-20H2,1-2H3,(H,31,33)/t25-,26+/m1/s1. The van der Waals surface area contributed by atoms with Crippen LogP contribution in [0.15, 0.2) is 72.8 Å². The van der Waals surface area contributed by atoms with Crippen molar-refractivity contribution in [2.45, 2.75) is 32.2 Å². The molecule has 1 heterocycles. The summed E-state index contributed by atoms with van der Waals surface area (Å²) >= 11 is 0. The molecule has 1 saturated heterocycles. The monoisotopic (exact) mass is 460 g/mol. The molecule has 1 aliphatic heterocycles. The van der Waals surface area contributed by atoms with Gasteiger partial charge in [0.2, 0.25) is 5.91 Å². The Morgan fingerprint density at radius 1 is 1.06 bits per heavy atom. The van der Waals surface area contributed by atoms with Crippen LogP contribution < -0.4 is 10.1 Å². The first kappa shape index (κ1) is 24.0. The first-order valence-electron chi connectivity index (χ1n) is 11.9. The van der Waals surface area contributed by atoms with Gasteiger partial charge in [-0.2, -0.15) is 0 Å². The van der Waals surface area contributed by atoms with Crippen molar-refractivity contribution in [2.24, 2.45) is 5.92 Å². The molecule has 1 N–H and O–H groups in total. The van der Waals surface area contributed by atoms with Crippen molar-refractivity contribution in [1.29, 1.82) is 0 Å². The summed E-state index contributed by atoms with van der Waals surface area (Å²) in [4.78, 5) is 15.4. The summed E-state index contributed by atoms with van der Waals surface area (Å²) in [6, 6.07) is 23.3. The van der Waals surface area contributed by atoms with Crippen molar-refractivity contribution in [3.05, 3.63) is 101 Å². The van der Waals surface area contributed by atoms with Gasteiger partial charge in [-0.3, -0.25) is 9.69 Å². The van der Waals surface area contributed by atoms with Crippen LogP contribution in [0.1, 0.15) is 34.6 Å². The van der Waals surface area contributed by atoms with E-state index in [0.29, 0.717) is 25.2 Å². The number of likely N-dealkylation sites (tertiary alicyclic amines) is 1. The molecule has 3 aromatic rings. The normalized spacial score (nSPS) is 18.4. The van der Waals surface area contributed by atoms with Gasteiger partial charge in [0.25, 0.3) is 0 Å². The predicted molar refractivity (Wildman–Crippen MR) is 133 cm³/mol. The molecule has 0 aliphatic carbocycles. The number of benzene rings is 3. The highest BCUT2D eigenvalue weighted by atomic mass is 19.1. The Morgan fingerprint density at radius 3 is 2.59 bits per heavy atom. The summed E-state index contributed by atoms with van der Waals surface area (Å²) in [5.74, 6) is 0.803. The Balaban J connectivity index is 1.43. The van der Waals surface area contributed by atoms with Crippen LogP contribution in [0.5, 0.6) is 5.75 Å². The topological polar surface area (TPSA) is 41.6 Å². The maximum absolute atomic E-state index is 14.3. The molecule has 0 saturated carbocycles. The number of hydrogen-bond donors (Lipinski definition) is 1. The van der Waals surface area contributed by atoms with E-state index in [1.54, 1.807) is 13.2 Å². The van der Waals surface area contributed by atoms with E-state index in [1.165, 1.54) is 17.2 Å². The van der Waals surface area contributed by atoms with Gasteiger partial charge < -0.3 is 10.1 Å². The van der Waals surface area contributed by atoms with E-state index in [2.05, 4.69) is 41.4 Å². The summed E-state index contributed by atoms with van der Waals surface area (Å²) in [6.45, 7) is 4.62. The largest absolute Gasteiger partial charge is 0.497 e. The van der Waals surface area contributed by atoms with Crippen molar-refractivity contribution in [2.75, 3.05) is 26.7 Å². The minimum atomic E-state index is -0.194. The average Bonchev–Trinajstić information content (AvgIpc) is 2.85. The van der Waals surface area contributed by atoms with E-state index in [4.69, 9.17) is 4.74 Å². The molecule has 2 atom stereocenters. The molecule has 1 amide bonds. The molecule has 0 spiro atoms. The summed E-state index contributed by atoms with van der Waals surface area (Å²) in [6.07, 6.45) is 1.56. The first-order valence-corrected chi connectivity index (χ1v) is 11.9. The Bertz CT molecular complexity index is 1100. The van der Waals surface area contributed by atoms with Crippen LogP contribution in [0.4, 0.5) is 4.39 Å².